The molecule has 1 aromatic rings. The molecule has 2 aliphatic rings. The first-order valence-corrected chi connectivity index (χ1v) is 7.28. The number of aryl methyl sites for hydroxylation is 1. The van der Waals surface area contributed by atoms with Gasteiger partial charge in [-0.05, 0) is 43.9 Å². The van der Waals surface area contributed by atoms with Crippen LogP contribution >= 0.6 is 0 Å². The predicted molar refractivity (Wildman–Crippen MR) is 74.9 cm³/mol. The standard InChI is InChI=1S/C16H18N2O2/c17-11-16(10-12-5-6-14(16)9-12)8-7-13-3-1-2-4-15(13)18(19)20/h1-4,12,14H,5-10H2. The number of fused-ring (bicyclic) bond motifs is 2. The molecule has 2 fully saturated rings. The average molecular weight is 270 g/mol. The van der Waals surface area contributed by atoms with Crippen molar-refractivity contribution in [2.75, 3.05) is 0 Å². The van der Waals surface area contributed by atoms with Gasteiger partial charge in [0.15, 0.2) is 0 Å². The summed E-state index contributed by atoms with van der Waals surface area (Å²) >= 11 is 0. The molecule has 2 bridgehead atoms. The quantitative estimate of drug-likeness (QED) is 0.616. The third-order valence-electron chi connectivity index (χ3n) is 5.23. The zero-order valence-electron chi connectivity index (χ0n) is 11.4. The van der Waals surface area contributed by atoms with Crippen molar-refractivity contribution in [2.45, 2.75) is 38.5 Å². The van der Waals surface area contributed by atoms with E-state index in [-0.39, 0.29) is 16.0 Å². The predicted octanol–water partition coefficient (Wildman–Crippen LogP) is 3.86. The van der Waals surface area contributed by atoms with Crippen LogP contribution in [0.25, 0.3) is 0 Å². The van der Waals surface area contributed by atoms with E-state index in [2.05, 4.69) is 6.07 Å². The fourth-order valence-corrected chi connectivity index (χ4v) is 4.20. The van der Waals surface area contributed by atoms with Crippen molar-refractivity contribution in [2.24, 2.45) is 17.3 Å². The Kier molecular flexibility index (Phi) is 3.21. The largest absolute Gasteiger partial charge is 0.272 e. The van der Waals surface area contributed by atoms with Gasteiger partial charge in [0, 0.05) is 11.6 Å². The van der Waals surface area contributed by atoms with E-state index in [1.54, 1.807) is 12.1 Å². The molecular formula is C16H18N2O2. The molecule has 0 spiro atoms. The topological polar surface area (TPSA) is 66.9 Å². The van der Waals surface area contributed by atoms with E-state index in [0.29, 0.717) is 18.3 Å². The Morgan fingerprint density at radius 1 is 1.40 bits per heavy atom. The Morgan fingerprint density at radius 2 is 2.20 bits per heavy atom. The number of para-hydroxylation sites is 1. The SMILES string of the molecule is N#CC1(CCc2ccccc2[N+](=O)[O-])CC2CCC1C2. The molecule has 0 amide bonds. The van der Waals surface area contributed by atoms with Gasteiger partial charge < -0.3 is 0 Å². The van der Waals surface area contributed by atoms with E-state index in [1.165, 1.54) is 12.8 Å². The second-order valence-electron chi connectivity index (χ2n) is 6.23. The van der Waals surface area contributed by atoms with E-state index in [9.17, 15) is 15.4 Å². The van der Waals surface area contributed by atoms with Crippen LogP contribution in [0.1, 0.15) is 37.7 Å². The smallest absolute Gasteiger partial charge is 0.258 e. The van der Waals surface area contributed by atoms with Crippen LogP contribution in [0.5, 0.6) is 0 Å². The summed E-state index contributed by atoms with van der Waals surface area (Å²) in [6, 6.07) is 9.45. The number of hydrogen-bond acceptors (Lipinski definition) is 3. The van der Waals surface area contributed by atoms with Gasteiger partial charge in [-0.1, -0.05) is 24.6 Å². The molecule has 2 saturated carbocycles. The lowest BCUT2D eigenvalue weighted by Gasteiger charge is -2.30. The lowest BCUT2D eigenvalue weighted by molar-refractivity contribution is -0.385. The highest BCUT2D eigenvalue weighted by Crippen LogP contribution is 2.57. The number of hydrogen-bond donors (Lipinski definition) is 0. The zero-order chi connectivity index (χ0) is 14.2. The molecule has 0 aliphatic heterocycles. The molecule has 104 valence electrons. The summed E-state index contributed by atoms with van der Waals surface area (Å²) in [5.74, 6) is 1.23. The van der Waals surface area contributed by atoms with Gasteiger partial charge in [-0.15, -0.1) is 0 Å². The molecule has 20 heavy (non-hydrogen) atoms. The Balaban J connectivity index is 1.77. The minimum Gasteiger partial charge on any atom is -0.258 e. The molecule has 0 N–H and O–H groups in total. The van der Waals surface area contributed by atoms with E-state index in [0.717, 1.165) is 24.8 Å². The van der Waals surface area contributed by atoms with Gasteiger partial charge >= 0.3 is 0 Å². The highest BCUT2D eigenvalue weighted by atomic mass is 16.6. The van der Waals surface area contributed by atoms with Crippen LogP contribution in [-0.4, -0.2) is 4.92 Å². The number of rotatable bonds is 4. The number of benzene rings is 1. The van der Waals surface area contributed by atoms with Gasteiger partial charge in [0.2, 0.25) is 0 Å². The van der Waals surface area contributed by atoms with E-state index < -0.39 is 0 Å². The third-order valence-corrected chi connectivity index (χ3v) is 5.23. The summed E-state index contributed by atoms with van der Waals surface area (Å²) in [5.41, 5.74) is 0.714. The van der Waals surface area contributed by atoms with Crippen molar-refractivity contribution in [3.05, 3.63) is 39.9 Å². The number of nitro benzene ring substituents is 1. The van der Waals surface area contributed by atoms with Crippen molar-refractivity contribution in [3.63, 3.8) is 0 Å². The first kappa shape index (κ1) is 13.1. The number of nitriles is 1. The van der Waals surface area contributed by atoms with Crippen LogP contribution in [0.2, 0.25) is 0 Å². The number of nitrogens with zero attached hydrogens (tertiary/aromatic N) is 2. The van der Waals surface area contributed by atoms with Gasteiger partial charge in [-0.3, -0.25) is 10.1 Å². The molecule has 2 aliphatic carbocycles. The van der Waals surface area contributed by atoms with Gasteiger partial charge in [0.25, 0.3) is 5.69 Å². The monoisotopic (exact) mass is 270 g/mol. The van der Waals surface area contributed by atoms with E-state index in [1.807, 2.05) is 12.1 Å². The van der Waals surface area contributed by atoms with Crippen LogP contribution in [0.4, 0.5) is 5.69 Å². The second kappa shape index (κ2) is 4.90. The van der Waals surface area contributed by atoms with E-state index in [4.69, 9.17) is 0 Å². The van der Waals surface area contributed by atoms with Crippen LogP contribution in [-0.2, 0) is 6.42 Å². The Bertz CT molecular complexity index is 578. The minimum atomic E-state index is -0.324. The Labute approximate surface area is 118 Å². The highest BCUT2D eigenvalue weighted by Gasteiger charge is 2.50. The molecule has 0 aromatic heterocycles. The van der Waals surface area contributed by atoms with Gasteiger partial charge in [0.05, 0.1) is 16.4 Å². The second-order valence-corrected chi connectivity index (χ2v) is 6.23. The molecule has 0 saturated heterocycles. The zero-order valence-corrected chi connectivity index (χ0v) is 11.4. The Morgan fingerprint density at radius 3 is 2.80 bits per heavy atom. The molecule has 3 rings (SSSR count). The minimum absolute atomic E-state index is 0.184. The van der Waals surface area contributed by atoms with Crippen LogP contribution < -0.4 is 0 Å². The molecule has 0 heterocycles. The van der Waals surface area contributed by atoms with Crippen molar-refractivity contribution in [1.29, 1.82) is 5.26 Å². The number of nitro groups is 1. The first-order chi connectivity index (χ1) is 9.64. The summed E-state index contributed by atoms with van der Waals surface area (Å²) in [6.45, 7) is 0. The maximum Gasteiger partial charge on any atom is 0.272 e. The first-order valence-electron chi connectivity index (χ1n) is 7.28. The van der Waals surface area contributed by atoms with Gasteiger partial charge in [-0.2, -0.15) is 5.26 Å². The normalized spacial score (nSPS) is 31.1. The van der Waals surface area contributed by atoms with Gasteiger partial charge in [0.1, 0.15) is 0 Å². The van der Waals surface area contributed by atoms with E-state index >= 15 is 0 Å². The third kappa shape index (κ3) is 2.07. The molecule has 4 heteroatoms. The lowest BCUT2D eigenvalue weighted by atomic mass is 9.71. The van der Waals surface area contributed by atoms with Crippen molar-refractivity contribution >= 4 is 5.69 Å². The molecule has 4 nitrogen and oxygen atoms in total. The van der Waals surface area contributed by atoms with Gasteiger partial charge in [-0.25, -0.2) is 0 Å². The fourth-order valence-electron chi connectivity index (χ4n) is 4.20. The average Bonchev–Trinajstić information content (AvgIpc) is 3.06. The summed E-state index contributed by atoms with van der Waals surface area (Å²) < 4.78 is 0. The molecule has 0 radical (unpaired) electrons. The lowest BCUT2D eigenvalue weighted by Crippen LogP contribution is -2.26. The summed E-state index contributed by atoms with van der Waals surface area (Å²) in [7, 11) is 0. The van der Waals surface area contributed by atoms with Crippen LogP contribution in [0, 0.1) is 38.7 Å². The summed E-state index contributed by atoms with van der Waals surface area (Å²) in [4.78, 5) is 10.7. The summed E-state index contributed by atoms with van der Waals surface area (Å²) in [6.07, 6.45) is 6.00. The molecule has 1 aromatic carbocycles. The summed E-state index contributed by atoms with van der Waals surface area (Å²) in [5, 5.41) is 20.6. The molecular weight excluding hydrogens is 252 g/mol. The highest BCUT2D eigenvalue weighted by molar-refractivity contribution is 5.40. The van der Waals surface area contributed by atoms with Crippen molar-refractivity contribution < 1.29 is 4.92 Å². The van der Waals surface area contributed by atoms with Crippen LogP contribution in [0.15, 0.2) is 24.3 Å². The van der Waals surface area contributed by atoms with Crippen molar-refractivity contribution in [3.8, 4) is 6.07 Å². The fraction of sp³-hybridized carbons (Fsp3) is 0.562. The molecule has 3 atom stereocenters. The maximum absolute atomic E-state index is 11.0. The van der Waals surface area contributed by atoms with Crippen molar-refractivity contribution in [1.82, 2.24) is 0 Å². The molecule has 3 unspecified atom stereocenters. The maximum atomic E-state index is 11.0. The van der Waals surface area contributed by atoms with Crippen LogP contribution in [0.3, 0.4) is 0 Å². The Hall–Kier alpha value is -1.89.